The summed E-state index contributed by atoms with van der Waals surface area (Å²) in [6, 6.07) is 0.549. The van der Waals surface area contributed by atoms with Gasteiger partial charge in [-0.2, -0.15) is 5.10 Å². The SMILES string of the molecule is Cl.c1ncn(C2CNC2)n1. The minimum atomic E-state index is 0. The Kier molecular flexibility index (Phi) is 2.24. The number of hydrogen-bond donors (Lipinski definition) is 1. The van der Waals surface area contributed by atoms with Crippen LogP contribution in [0.3, 0.4) is 0 Å². The van der Waals surface area contributed by atoms with E-state index in [0.717, 1.165) is 13.1 Å². The first-order valence-electron chi connectivity index (χ1n) is 3.01. The minimum Gasteiger partial charge on any atom is -0.312 e. The van der Waals surface area contributed by atoms with Gasteiger partial charge in [-0.25, -0.2) is 9.67 Å². The van der Waals surface area contributed by atoms with Gasteiger partial charge in [-0.3, -0.25) is 0 Å². The van der Waals surface area contributed by atoms with Crippen molar-refractivity contribution in [3.8, 4) is 0 Å². The minimum absolute atomic E-state index is 0. The summed E-state index contributed by atoms with van der Waals surface area (Å²) in [5.74, 6) is 0. The average Bonchev–Trinajstić information content (AvgIpc) is 2.11. The maximum atomic E-state index is 4.00. The highest BCUT2D eigenvalue weighted by Crippen LogP contribution is 2.06. The van der Waals surface area contributed by atoms with Crippen molar-refractivity contribution in [2.24, 2.45) is 0 Å². The molecule has 0 bridgehead atoms. The van der Waals surface area contributed by atoms with E-state index >= 15 is 0 Å². The van der Waals surface area contributed by atoms with Crippen molar-refractivity contribution in [1.82, 2.24) is 20.1 Å². The number of hydrogen-bond acceptors (Lipinski definition) is 3. The van der Waals surface area contributed by atoms with Crippen LogP contribution in [-0.4, -0.2) is 27.9 Å². The summed E-state index contributed by atoms with van der Waals surface area (Å²) < 4.78 is 1.89. The zero-order valence-electron chi connectivity index (χ0n) is 5.40. The smallest absolute Gasteiger partial charge is 0.137 e. The fraction of sp³-hybridized carbons (Fsp3) is 0.600. The van der Waals surface area contributed by atoms with Crippen LogP contribution in [0.2, 0.25) is 0 Å². The molecule has 0 atom stereocenters. The van der Waals surface area contributed by atoms with Crippen molar-refractivity contribution in [2.45, 2.75) is 6.04 Å². The van der Waals surface area contributed by atoms with E-state index < -0.39 is 0 Å². The molecule has 4 nitrogen and oxygen atoms in total. The Morgan fingerprint density at radius 2 is 2.30 bits per heavy atom. The molecule has 1 saturated heterocycles. The molecule has 0 saturated carbocycles. The number of nitrogens with one attached hydrogen (secondary N) is 1. The molecule has 2 rings (SSSR count). The second-order valence-electron chi connectivity index (χ2n) is 2.19. The third-order valence-electron chi connectivity index (χ3n) is 1.57. The molecule has 1 aliphatic rings. The molecule has 0 spiro atoms. The van der Waals surface area contributed by atoms with E-state index in [4.69, 9.17) is 0 Å². The predicted octanol–water partition coefficient (Wildman–Crippen LogP) is -0.156. The molecule has 0 aliphatic carbocycles. The number of nitrogens with zero attached hydrogens (tertiary/aromatic N) is 3. The fourth-order valence-corrected chi connectivity index (χ4v) is 0.866. The quantitative estimate of drug-likeness (QED) is 0.621. The van der Waals surface area contributed by atoms with E-state index in [1.807, 2.05) is 4.68 Å². The van der Waals surface area contributed by atoms with Crippen LogP contribution in [0.4, 0.5) is 0 Å². The number of aromatic nitrogens is 3. The molecule has 1 aliphatic heterocycles. The van der Waals surface area contributed by atoms with Gasteiger partial charge in [0.1, 0.15) is 12.7 Å². The lowest BCUT2D eigenvalue weighted by molar-refractivity contribution is 0.317. The van der Waals surface area contributed by atoms with Crippen molar-refractivity contribution >= 4 is 12.4 Å². The molecule has 0 unspecified atom stereocenters. The van der Waals surface area contributed by atoms with Crippen molar-refractivity contribution in [3.05, 3.63) is 12.7 Å². The van der Waals surface area contributed by atoms with Crippen LogP contribution >= 0.6 is 12.4 Å². The molecular weight excluding hydrogens is 152 g/mol. The largest absolute Gasteiger partial charge is 0.312 e. The molecule has 56 valence electrons. The van der Waals surface area contributed by atoms with Crippen molar-refractivity contribution in [1.29, 1.82) is 0 Å². The molecule has 5 heteroatoms. The topological polar surface area (TPSA) is 42.7 Å². The summed E-state index contributed by atoms with van der Waals surface area (Å²) in [7, 11) is 0. The van der Waals surface area contributed by atoms with Crippen LogP contribution in [0.15, 0.2) is 12.7 Å². The first kappa shape index (κ1) is 7.50. The van der Waals surface area contributed by atoms with Gasteiger partial charge in [-0.05, 0) is 0 Å². The molecule has 0 aromatic carbocycles. The van der Waals surface area contributed by atoms with Crippen LogP contribution in [-0.2, 0) is 0 Å². The van der Waals surface area contributed by atoms with Crippen LogP contribution in [0.5, 0.6) is 0 Å². The van der Waals surface area contributed by atoms with Gasteiger partial charge < -0.3 is 5.32 Å². The van der Waals surface area contributed by atoms with E-state index in [1.165, 1.54) is 0 Å². The Bertz CT molecular complexity index is 182. The highest BCUT2D eigenvalue weighted by Gasteiger charge is 2.18. The summed E-state index contributed by atoms with van der Waals surface area (Å²) in [5, 5.41) is 7.16. The van der Waals surface area contributed by atoms with E-state index in [-0.39, 0.29) is 12.4 Å². The molecule has 1 N–H and O–H groups in total. The molecule has 1 fully saturated rings. The van der Waals surface area contributed by atoms with Gasteiger partial charge >= 0.3 is 0 Å². The lowest BCUT2D eigenvalue weighted by atomic mass is 10.2. The van der Waals surface area contributed by atoms with E-state index in [9.17, 15) is 0 Å². The molecule has 10 heavy (non-hydrogen) atoms. The Hall–Kier alpha value is -0.610. The standard InChI is InChI=1S/C5H8N4.ClH/c1-5(2-6-1)9-4-7-3-8-9;/h3-6H,1-2H2;1H. The molecule has 0 amide bonds. The first-order valence-corrected chi connectivity index (χ1v) is 3.01. The van der Waals surface area contributed by atoms with E-state index in [1.54, 1.807) is 12.7 Å². The van der Waals surface area contributed by atoms with Gasteiger partial charge in [0.25, 0.3) is 0 Å². The Labute approximate surface area is 65.1 Å². The van der Waals surface area contributed by atoms with Gasteiger partial charge in [-0.15, -0.1) is 12.4 Å². The Morgan fingerprint density at radius 1 is 1.50 bits per heavy atom. The number of halogens is 1. The summed E-state index contributed by atoms with van der Waals surface area (Å²) in [6.07, 6.45) is 3.32. The first-order chi connectivity index (χ1) is 4.47. The third-order valence-corrected chi connectivity index (χ3v) is 1.57. The molecule has 1 aromatic heterocycles. The second-order valence-corrected chi connectivity index (χ2v) is 2.19. The maximum Gasteiger partial charge on any atom is 0.137 e. The van der Waals surface area contributed by atoms with E-state index in [2.05, 4.69) is 15.4 Å². The normalized spacial score (nSPS) is 17.6. The molecule has 2 heterocycles. The van der Waals surface area contributed by atoms with Gasteiger partial charge in [0, 0.05) is 13.1 Å². The summed E-state index contributed by atoms with van der Waals surface area (Å²) in [4.78, 5) is 3.85. The zero-order valence-corrected chi connectivity index (χ0v) is 6.21. The average molecular weight is 161 g/mol. The fourth-order valence-electron chi connectivity index (χ4n) is 0.866. The molecule has 1 aromatic rings. The Balaban J connectivity index is 0.000000500. The predicted molar refractivity (Wildman–Crippen MR) is 39.2 cm³/mol. The van der Waals surface area contributed by atoms with Gasteiger partial charge in [0.2, 0.25) is 0 Å². The maximum absolute atomic E-state index is 4.00. The van der Waals surface area contributed by atoms with Gasteiger partial charge in [0.15, 0.2) is 0 Å². The van der Waals surface area contributed by atoms with Crippen molar-refractivity contribution < 1.29 is 0 Å². The highest BCUT2D eigenvalue weighted by atomic mass is 35.5. The number of rotatable bonds is 1. The summed E-state index contributed by atoms with van der Waals surface area (Å²) >= 11 is 0. The molecule has 0 radical (unpaired) electrons. The van der Waals surface area contributed by atoms with Gasteiger partial charge in [0.05, 0.1) is 6.04 Å². The zero-order chi connectivity index (χ0) is 6.10. The van der Waals surface area contributed by atoms with Crippen LogP contribution < -0.4 is 5.32 Å². The van der Waals surface area contributed by atoms with Gasteiger partial charge in [-0.1, -0.05) is 0 Å². The monoisotopic (exact) mass is 160 g/mol. The van der Waals surface area contributed by atoms with E-state index in [0.29, 0.717) is 6.04 Å². The third kappa shape index (κ3) is 1.12. The van der Waals surface area contributed by atoms with Crippen LogP contribution in [0.25, 0.3) is 0 Å². The van der Waals surface area contributed by atoms with Crippen molar-refractivity contribution in [2.75, 3.05) is 13.1 Å². The second kappa shape index (κ2) is 2.98. The summed E-state index contributed by atoms with van der Waals surface area (Å²) in [6.45, 7) is 2.06. The lowest BCUT2D eigenvalue weighted by Crippen LogP contribution is -2.43. The highest BCUT2D eigenvalue weighted by molar-refractivity contribution is 5.85. The van der Waals surface area contributed by atoms with Crippen molar-refractivity contribution in [3.63, 3.8) is 0 Å². The van der Waals surface area contributed by atoms with Crippen LogP contribution in [0.1, 0.15) is 6.04 Å². The summed E-state index contributed by atoms with van der Waals surface area (Å²) in [5.41, 5.74) is 0. The lowest BCUT2D eigenvalue weighted by Gasteiger charge is -2.26. The van der Waals surface area contributed by atoms with Crippen LogP contribution in [0, 0.1) is 0 Å². The Morgan fingerprint density at radius 3 is 2.70 bits per heavy atom. The molecular formula is C5H9ClN4.